The molecular formula is C26H41F2N5O4S. The largest absolute Gasteiger partial charge is 0.444 e. The first kappa shape index (κ1) is 30.4. The molecule has 2 heterocycles. The second-order valence-corrected chi connectivity index (χ2v) is 13.8. The minimum Gasteiger partial charge on any atom is -0.444 e. The molecule has 12 heteroatoms. The number of alkyl carbamates (subject to hydrolysis) is 1. The summed E-state index contributed by atoms with van der Waals surface area (Å²) in [6, 6.07) is 0.827. The lowest BCUT2D eigenvalue weighted by molar-refractivity contribution is -0.0500. The zero-order valence-electron chi connectivity index (χ0n) is 23.3. The van der Waals surface area contributed by atoms with Crippen molar-refractivity contribution in [2.45, 2.75) is 103 Å². The van der Waals surface area contributed by atoms with Crippen molar-refractivity contribution in [3.05, 3.63) is 29.7 Å². The van der Waals surface area contributed by atoms with Crippen LogP contribution in [-0.2, 0) is 20.5 Å². The van der Waals surface area contributed by atoms with Crippen LogP contribution in [0.5, 0.6) is 0 Å². The first-order valence-electron chi connectivity index (χ1n) is 13.1. The van der Waals surface area contributed by atoms with Gasteiger partial charge in [0.2, 0.25) is 5.92 Å². The zero-order chi connectivity index (χ0) is 28.3. The van der Waals surface area contributed by atoms with E-state index in [2.05, 4.69) is 15.1 Å². The van der Waals surface area contributed by atoms with Crippen molar-refractivity contribution in [2.75, 3.05) is 13.2 Å². The van der Waals surface area contributed by atoms with Crippen molar-refractivity contribution >= 4 is 22.7 Å². The number of carbonyl (C=O) groups is 1. The number of amides is 1. The number of halogens is 2. The predicted molar refractivity (Wildman–Crippen MR) is 142 cm³/mol. The molecule has 2 aromatic rings. The predicted octanol–water partition coefficient (Wildman–Crippen LogP) is 5.25. The average molecular weight is 558 g/mol. The number of nitrogens with zero attached hydrogens (tertiary/aromatic N) is 3. The Morgan fingerprint density at radius 3 is 2.47 bits per heavy atom. The molecule has 0 unspecified atom stereocenters. The number of rotatable bonds is 9. The smallest absolute Gasteiger partial charge is 0.408 e. The van der Waals surface area contributed by atoms with Gasteiger partial charge in [-0.2, -0.15) is 5.10 Å². The molecule has 2 N–H and O–H groups in total. The molecule has 0 spiro atoms. The molecule has 0 saturated heterocycles. The van der Waals surface area contributed by atoms with E-state index < -0.39 is 39.4 Å². The number of alkyl halides is 2. The van der Waals surface area contributed by atoms with Crippen LogP contribution in [0.25, 0.3) is 5.65 Å². The maximum Gasteiger partial charge on any atom is 0.408 e. The molecule has 214 valence electrons. The van der Waals surface area contributed by atoms with Crippen LogP contribution in [0.2, 0.25) is 0 Å². The van der Waals surface area contributed by atoms with Gasteiger partial charge >= 0.3 is 6.09 Å². The average Bonchev–Trinajstić information content (AvgIpc) is 3.21. The van der Waals surface area contributed by atoms with Crippen molar-refractivity contribution in [2.24, 2.45) is 5.92 Å². The van der Waals surface area contributed by atoms with Gasteiger partial charge in [0, 0.05) is 19.4 Å². The molecule has 9 nitrogen and oxygen atoms in total. The Morgan fingerprint density at radius 1 is 1.24 bits per heavy atom. The van der Waals surface area contributed by atoms with E-state index in [-0.39, 0.29) is 37.6 Å². The lowest BCUT2D eigenvalue weighted by atomic mass is 9.81. The van der Waals surface area contributed by atoms with E-state index in [0.29, 0.717) is 24.6 Å². The van der Waals surface area contributed by atoms with E-state index in [0.717, 1.165) is 5.56 Å². The fourth-order valence-corrected chi connectivity index (χ4v) is 5.07. The summed E-state index contributed by atoms with van der Waals surface area (Å²) in [4.78, 5) is 17.4. The molecule has 0 aliphatic heterocycles. The third-order valence-electron chi connectivity index (χ3n) is 6.28. The highest BCUT2D eigenvalue weighted by atomic mass is 32.2. The van der Waals surface area contributed by atoms with Gasteiger partial charge in [0.1, 0.15) is 5.60 Å². The molecule has 1 saturated carbocycles. The quantitative estimate of drug-likeness (QED) is 0.436. The second-order valence-electron chi connectivity index (χ2n) is 11.8. The van der Waals surface area contributed by atoms with Crippen LogP contribution in [0.15, 0.2) is 18.5 Å². The lowest BCUT2D eigenvalue weighted by Gasteiger charge is -2.33. The maximum atomic E-state index is 13.9. The third kappa shape index (κ3) is 8.41. The SMILES string of the molecule is CCOC[C@@H](N[S@](=O)C(C)(C)C)c1cnn2cc([C@@H](NC(=O)OC(C)(C)C)C3CCC(F)(F)CC3)nc2c1. The highest BCUT2D eigenvalue weighted by Crippen LogP contribution is 2.41. The molecule has 3 atom stereocenters. The molecule has 0 bridgehead atoms. The van der Waals surface area contributed by atoms with Crippen molar-refractivity contribution < 1.29 is 27.3 Å². The van der Waals surface area contributed by atoms with E-state index in [9.17, 15) is 17.8 Å². The zero-order valence-corrected chi connectivity index (χ0v) is 24.2. The van der Waals surface area contributed by atoms with E-state index in [4.69, 9.17) is 14.5 Å². The van der Waals surface area contributed by atoms with Crippen LogP contribution in [0.3, 0.4) is 0 Å². The first-order chi connectivity index (χ1) is 17.6. The topological polar surface area (TPSA) is 107 Å². The molecular weight excluding hydrogens is 516 g/mol. The number of hydrogen-bond donors (Lipinski definition) is 2. The molecule has 3 rings (SSSR count). The minimum absolute atomic E-state index is 0.229. The maximum absolute atomic E-state index is 13.9. The molecule has 1 aliphatic carbocycles. The molecule has 1 aliphatic rings. The number of ether oxygens (including phenoxy) is 2. The lowest BCUT2D eigenvalue weighted by Crippen LogP contribution is -2.40. The number of aromatic nitrogens is 3. The summed E-state index contributed by atoms with van der Waals surface area (Å²) in [6.45, 7) is 13.6. The van der Waals surface area contributed by atoms with E-state index in [1.54, 1.807) is 37.7 Å². The highest BCUT2D eigenvalue weighted by Gasteiger charge is 2.39. The molecule has 0 aromatic carbocycles. The van der Waals surface area contributed by atoms with Crippen LogP contribution in [0.1, 0.15) is 97.5 Å². The number of nitrogens with one attached hydrogen (secondary N) is 2. The van der Waals surface area contributed by atoms with Crippen molar-refractivity contribution in [3.63, 3.8) is 0 Å². The molecule has 2 aromatic heterocycles. The van der Waals surface area contributed by atoms with Gasteiger partial charge in [0.05, 0.1) is 52.5 Å². The Labute approximate surface area is 226 Å². The Kier molecular flexibility index (Phi) is 9.52. The number of carbonyl (C=O) groups excluding carboxylic acids is 1. The van der Waals surface area contributed by atoms with Gasteiger partial charge in [-0.15, -0.1) is 0 Å². The summed E-state index contributed by atoms with van der Waals surface area (Å²) in [6.07, 6.45) is 2.75. The first-order valence-corrected chi connectivity index (χ1v) is 14.2. The van der Waals surface area contributed by atoms with Gasteiger partial charge in [-0.1, -0.05) is 0 Å². The Bertz CT molecular complexity index is 1120. The fraction of sp³-hybridized carbons (Fsp3) is 0.731. The molecule has 38 heavy (non-hydrogen) atoms. The van der Waals surface area contributed by atoms with Gasteiger partial charge in [-0.25, -0.2) is 32.0 Å². The van der Waals surface area contributed by atoms with Gasteiger partial charge in [0.25, 0.3) is 0 Å². The number of fused-ring (bicyclic) bond motifs is 1. The van der Waals surface area contributed by atoms with Crippen LogP contribution in [-0.4, -0.2) is 54.4 Å². The summed E-state index contributed by atoms with van der Waals surface area (Å²) in [5, 5.41) is 7.36. The van der Waals surface area contributed by atoms with Crippen LogP contribution in [0, 0.1) is 5.92 Å². The number of hydrogen-bond acceptors (Lipinski definition) is 6. The van der Waals surface area contributed by atoms with Gasteiger partial charge < -0.3 is 14.8 Å². The summed E-state index contributed by atoms with van der Waals surface area (Å²) < 4.78 is 55.9. The van der Waals surface area contributed by atoms with Crippen LogP contribution in [0.4, 0.5) is 13.6 Å². The second kappa shape index (κ2) is 11.9. The van der Waals surface area contributed by atoms with Crippen LogP contribution < -0.4 is 10.0 Å². The standard InChI is InChI=1S/C26H41F2N5O4S/c1-8-36-16-20(32-38(35)25(5,6)7)18-13-21-30-19(15-33(21)29-14-18)22(31-23(34)37-24(2,3)4)17-9-11-26(27,28)12-10-17/h13-15,17,20,22,32H,8-12,16H2,1-7H3,(H,31,34)/t20-,22+,38-/m1/s1. The summed E-state index contributed by atoms with van der Waals surface area (Å²) in [7, 11) is -1.34. The van der Waals surface area contributed by atoms with Gasteiger partial charge in [-0.3, -0.25) is 0 Å². The molecule has 1 amide bonds. The molecule has 1 fully saturated rings. The third-order valence-corrected chi connectivity index (χ3v) is 7.89. The highest BCUT2D eigenvalue weighted by molar-refractivity contribution is 7.84. The van der Waals surface area contributed by atoms with Gasteiger partial charge in [-0.05, 0) is 78.9 Å². The van der Waals surface area contributed by atoms with Crippen molar-refractivity contribution in [3.8, 4) is 0 Å². The normalized spacial score (nSPS) is 19.2. The van der Waals surface area contributed by atoms with Gasteiger partial charge in [0.15, 0.2) is 5.65 Å². The van der Waals surface area contributed by atoms with Crippen molar-refractivity contribution in [1.82, 2.24) is 24.6 Å². The summed E-state index contributed by atoms with van der Waals surface area (Å²) >= 11 is 0. The van der Waals surface area contributed by atoms with Crippen LogP contribution >= 0.6 is 0 Å². The summed E-state index contributed by atoms with van der Waals surface area (Å²) in [5.41, 5.74) is 1.07. The Hall–Kier alpha value is -2.18. The minimum atomic E-state index is -2.70. The Balaban J connectivity index is 1.91. The Morgan fingerprint density at radius 2 is 1.89 bits per heavy atom. The van der Waals surface area contributed by atoms with E-state index >= 15 is 0 Å². The van der Waals surface area contributed by atoms with Crippen molar-refractivity contribution in [1.29, 1.82) is 0 Å². The summed E-state index contributed by atoms with van der Waals surface area (Å²) in [5.74, 6) is -2.92. The van der Waals surface area contributed by atoms with E-state index in [1.165, 1.54) is 0 Å². The van der Waals surface area contributed by atoms with E-state index in [1.807, 2.05) is 33.8 Å². The monoisotopic (exact) mass is 557 g/mol. The molecule has 0 radical (unpaired) electrons. The number of imidazole rings is 1. The fourth-order valence-electron chi connectivity index (χ4n) is 4.25.